The Balaban J connectivity index is 1.48. The van der Waals surface area contributed by atoms with E-state index in [1.165, 1.54) is 16.8 Å². The van der Waals surface area contributed by atoms with Gasteiger partial charge in [0.2, 0.25) is 5.88 Å². The molecule has 0 unspecified atom stereocenters. The van der Waals surface area contributed by atoms with Crippen molar-refractivity contribution in [2.24, 2.45) is 0 Å². The largest absolute Gasteiger partial charge is 0.480 e. The summed E-state index contributed by atoms with van der Waals surface area (Å²) < 4.78 is 102. The molecule has 16 heteroatoms. The van der Waals surface area contributed by atoms with Crippen molar-refractivity contribution < 1.29 is 35.5 Å². The normalized spacial score (nSPS) is 12.2. The molecule has 4 aromatic heterocycles. The first kappa shape index (κ1) is 31.2. The van der Waals surface area contributed by atoms with Crippen LogP contribution in [0.1, 0.15) is 0 Å². The van der Waals surface area contributed by atoms with Crippen molar-refractivity contribution in [3.8, 4) is 28.7 Å². The highest BCUT2D eigenvalue weighted by atomic mass is 32.2. The van der Waals surface area contributed by atoms with Crippen LogP contribution in [0.2, 0.25) is 25.7 Å². The molecule has 0 fully saturated rings. The summed E-state index contributed by atoms with van der Waals surface area (Å²) in [5.74, 6) is -4.34. The number of sulfonamides is 1. The first-order valence-corrected chi connectivity index (χ1v) is 18.5. The van der Waals surface area contributed by atoms with Crippen molar-refractivity contribution in [2.45, 2.75) is 37.3 Å². The highest BCUT2D eigenvalue weighted by Crippen LogP contribution is 2.36. The van der Waals surface area contributed by atoms with E-state index in [0.717, 1.165) is 37.5 Å². The molecule has 0 saturated heterocycles. The summed E-state index contributed by atoms with van der Waals surface area (Å²) in [5, 5.41) is 0. The fourth-order valence-electron chi connectivity index (χ4n) is 4.39. The van der Waals surface area contributed by atoms with E-state index in [4.69, 9.17) is 9.47 Å². The van der Waals surface area contributed by atoms with Crippen molar-refractivity contribution in [3.05, 3.63) is 78.5 Å². The topological polar surface area (TPSA) is 113 Å². The van der Waals surface area contributed by atoms with Gasteiger partial charge in [-0.25, -0.2) is 40.9 Å². The van der Waals surface area contributed by atoms with E-state index >= 15 is 13.2 Å². The van der Waals surface area contributed by atoms with E-state index in [0.29, 0.717) is 18.5 Å². The fourth-order valence-corrected chi connectivity index (χ4v) is 6.33. The molecule has 0 spiro atoms. The van der Waals surface area contributed by atoms with E-state index in [-0.39, 0.29) is 18.1 Å². The van der Waals surface area contributed by atoms with Crippen LogP contribution >= 0.6 is 0 Å². The van der Waals surface area contributed by atoms with Gasteiger partial charge in [0, 0.05) is 44.9 Å². The van der Waals surface area contributed by atoms with E-state index in [9.17, 15) is 12.8 Å². The number of rotatable bonds is 11. The van der Waals surface area contributed by atoms with Gasteiger partial charge in [-0.3, -0.25) is 9.12 Å². The molecule has 10 nitrogen and oxygen atoms in total. The van der Waals surface area contributed by atoms with E-state index < -0.39 is 69.0 Å². The van der Waals surface area contributed by atoms with E-state index in [2.05, 4.69) is 34.6 Å². The standard InChI is InChI=1S/C28H28F4N6O4SSi/c1-41-28-22(13-17(29)14-35-28)43(39,40)36-20-6-5-19(30)23(25(20)32)18-7-9-38-21(24(18)31)15-34-27(38)26-33-8-10-37(26)16-42-11-12-44(2,3)4/h5-10,13-15,36H,11-12,16H2,1-4H3. The maximum atomic E-state index is 15.9. The van der Waals surface area contributed by atoms with Gasteiger partial charge in [-0.1, -0.05) is 19.6 Å². The van der Waals surface area contributed by atoms with Gasteiger partial charge in [0.05, 0.1) is 30.8 Å². The van der Waals surface area contributed by atoms with Crippen LogP contribution < -0.4 is 9.46 Å². The van der Waals surface area contributed by atoms with Gasteiger partial charge in [0.25, 0.3) is 10.0 Å². The highest BCUT2D eigenvalue weighted by molar-refractivity contribution is 7.92. The molecule has 44 heavy (non-hydrogen) atoms. The fraction of sp³-hybridized carbons (Fsp3) is 0.250. The first-order chi connectivity index (χ1) is 20.8. The van der Waals surface area contributed by atoms with Crippen LogP contribution in [0.25, 0.3) is 28.3 Å². The molecule has 0 aliphatic heterocycles. The zero-order valence-electron chi connectivity index (χ0n) is 24.1. The van der Waals surface area contributed by atoms with Gasteiger partial charge < -0.3 is 14.0 Å². The molecular weight excluding hydrogens is 620 g/mol. The van der Waals surface area contributed by atoms with Gasteiger partial charge >= 0.3 is 0 Å². The number of hydrogen-bond acceptors (Lipinski definition) is 7. The van der Waals surface area contributed by atoms with Crippen molar-refractivity contribution in [3.63, 3.8) is 0 Å². The molecule has 5 aromatic rings. The second kappa shape index (κ2) is 12.0. The van der Waals surface area contributed by atoms with Crippen molar-refractivity contribution in [1.29, 1.82) is 0 Å². The zero-order chi connectivity index (χ0) is 31.8. The second-order valence-corrected chi connectivity index (χ2v) is 18.3. The summed E-state index contributed by atoms with van der Waals surface area (Å²) in [6, 6.07) is 4.35. The van der Waals surface area contributed by atoms with Crippen LogP contribution in [-0.2, 0) is 21.5 Å². The summed E-state index contributed by atoms with van der Waals surface area (Å²) in [7, 11) is -4.83. The Bertz CT molecular complexity index is 1960. The first-order valence-electron chi connectivity index (χ1n) is 13.3. The quantitative estimate of drug-likeness (QED) is 0.107. The molecule has 1 N–H and O–H groups in total. The number of benzene rings is 1. The van der Waals surface area contributed by atoms with Crippen LogP contribution in [0, 0.1) is 23.3 Å². The number of nitrogens with zero attached hydrogens (tertiary/aromatic N) is 5. The van der Waals surface area contributed by atoms with Crippen molar-refractivity contribution in [2.75, 3.05) is 18.4 Å². The summed E-state index contributed by atoms with van der Waals surface area (Å²) in [6.07, 6.45) is 6.56. The Labute approximate surface area is 251 Å². The van der Waals surface area contributed by atoms with Crippen LogP contribution in [0.3, 0.4) is 0 Å². The van der Waals surface area contributed by atoms with Gasteiger partial charge in [-0.05, 0) is 24.2 Å². The number of ether oxygens (including phenoxy) is 2. The monoisotopic (exact) mass is 648 g/mol. The number of pyridine rings is 2. The molecule has 0 aliphatic rings. The lowest BCUT2D eigenvalue weighted by molar-refractivity contribution is 0.0882. The molecule has 5 rings (SSSR count). The number of aromatic nitrogens is 5. The third-order valence-corrected chi connectivity index (χ3v) is 9.73. The SMILES string of the molecule is COc1ncc(F)cc1S(=O)(=O)Nc1ccc(F)c(-c2ccn3c(-c4nccn4COCC[Si](C)(C)C)ncc3c2F)c1F. The zero-order valence-corrected chi connectivity index (χ0v) is 25.9. The Kier molecular flexibility index (Phi) is 8.50. The number of hydrogen-bond donors (Lipinski definition) is 1. The number of methoxy groups -OCH3 is 1. The maximum Gasteiger partial charge on any atom is 0.267 e. The lowest BCUT2D eigenvalue weighted by Gasteiger charge is -2.16. The predicted molar refractivity (Wildman–Crippen MR) is 157 cm³/mol. The van der Waals surface area contributed by atoms with Crippen LogP contribution in [0.5, 0.6) is 5.88 Å². The average Bonchev–Trinajstić information content (AvgIpc) is 3.60. The van der Waals surface area contributed by atoms with Crippen molar-refractivity contribution >= 4 is 29.3 Å². The third kappa shape index (κ3) is 6.18. The van der Waals surface area contributed by atoms with Gasteiger partial charge in [0.1, 0.15) is 23.9 Å². The summed E-state index contributed by atoms with van der Waals surface area (Å²) in [5.41, 5.74) is -2.12. The molecule has 0 radical (unpaired) electrons. The number of imidazole rings is 2. The molecule has 0 bridgehead atoms. The number of halogens is 4. The minimum Gasteiger partial charge on any atom is -0.480 e. The molecule has 0 atom stereocenters. The molecule has 0 amide bonds. The number of anilines is 1. The summed E-state index contributed by atoms with van der Waals surface area (Å²) in [4.78, 5) is 11.5. The van der Waals surface area contributed by atoms with Gasteiger partial charge in [-0.15, -0.1) is 0 Å². The van der Waals surface area contributed by atoms with E-state index in [1.807, 2.05) is 4.72 Å². The maximum absolute atomic E-state index is 15.9. The molecule has 4 heterocycles. The number of fused-ring (bicyclic) bond motifs is 1. The molecule has 0 aliphatic carbocycles. The smallest absolute Gasteiger partial charge is 0.267 e. The van der Waals surface area contributed by atoms with Crippen molar-refractivity contribution in [1.82, 2.24) is 23.9 Å². The third-order valence-electron chi connectivity index (χ3n) is 6.66. The van der Waals surface area contributed by atoms with E-state index in [1.54, 1.807) is 17.0 Å². The van der Waals surface area contributed by atoms with Gasteiger partial charge in [-0.2, -0.15) is 0 Å². The summed E-state index contributed by atoms with van der Waals surface area (Å²) in [6.45, 7) is 7.51. The Morgan fingerprint density at radius 2 is 1.73 bits per heavy atom. The average molecular weight is 649 g/mol. The lowest BCUT2D eigenvalue weighted by atomic mass is 10.0. The Morgan fingerprint density at radius 1 is 0.955 bits per heavy atom. The minimum absolute atomic E-state index is 0.105. The van der Waals surface area contributed by atoms with Crippen LogP contribution in [-0.4, -0.2) is 54.1 Å². The lowest BCUT2D eigenvalue weighted by Crippen LogP contribution is -2.22. The Hall–Kier alpha value is -4.28. The second-order valence-electron chi connectivity index (χ2n) is 11.0. The molecule has 1 aromatic carbocycles. The highest BCUT2D eigenvalue weighted by Gasteiger charge is 2.27. The minimum atomic E-state index is -4.66. The Morgan fingerprint density at radius 3 is 2.45 bits per heavy atom. The predicted octanol–water partition coefficient (Wildman–Crippen LogP) is 5.94. The molecule has 0 saturated carbocycles. The number of nitrogens with one attached hydrogen (secondary N) is 1. The van der Waals surface area contributed by atoms with Crippen LogP contribution in [0.15, 0.2) is 60.1 Å². The molecule has 232 valence electrons. The van der Waals surface area contributed by atoms with Crippen LogP contribution in [0.4, 0.5) is 23.2 Å². The molecular formula is C28H28F4N6O4SSi. The van der Waals surface area contributed by atoms with Gasteiger partial charge in [0.15, 0.2) is 28.2 Å². The summed E-state index contributed by atoms with van der Waals surface area (Å²) >= 11 is 0.